The van der Waals surface area contributed by atoms with Crippen molar-refractivity contribution >= 4 is 21.7 Å². The van der Waals surface area contributed by atoms with Gasteiger partial charge in [0.15, 0.2) is 0 Å². The third-order valence-corrected chi connectivity index (χ3v) is 5.02. The Morgan fingerprint density at radius 3 is 2.86 bits per heavy atom. The summed E-state index contributed by atoms with van der Waals surface area (Å²) < 4.78 is 0.986. The molecule has 1 aliphatic rings. The Hall–Kier alpha value is -1.42. The van der Waals surface area contributed by atoms with Crippen LogP contribution in [0.25, 0.3) is 0 Å². The maximum Gasteiger partial charge on any atom is 0.144 e. The molecule has 3 rings (SSSR count). The first-order chi connectivity index (χ1) is 10.2. The Labute approximate surface area is 134 Å². The summed E-state index contributed by atoms with van der Waals surface area (Å²) in [6.07, 6.45) is 4.41. The van der Waals surface area contributed by atoms with E-state index in [9.17, 15) is 0 Å². The molecule has 3 nitrogen and oxygen atoms in total. The summed E-state index contributed by atoms with van der Waals surface area (Å²) in [5.41, 5.74) is 3.92. The summed E-state index contributed by atoms with van der Waals surface area (Å²) >= 11 is 3.60. The molecule has 0 amide bonds. The molecule has 4 heteroatoms. The van der Waals surface area contributed by atoms with E-state index in [1.54, 1.807) is 0 Å². The van der Waals surface area contributed by atoms with Gasteiger partial charge in [0.05, 0.1) is 10.2 Å². The Morgan fingerprint density at radius 2 is 2.10 bits per heavy atom. The highest BCUT2D eigenvalue weighted by Crippen LogP contribution is 2.36. The van der Waals surface area contributed by atoms with E-state index < -0.39 is 0 Å². The van der Waals surface area contributed by atoms with Crippen molar-refractivity contribution < 1.29 is 0 Å². The van der Waals surface area contributed by atoms with Gasteiger partial charge < -0.3 is 5.32 Å². The van der Waals surface area contributed by atoms with Crippen LogP contribution in [0.15, 0.2) is 28.7 Å². The molecule has 2 aromatic rings. The highest BCUT2D eigenvalue weighted by molar-refractivity contribution is 9.10. The first-order valence-electron chi connectivity index (χ1n) is 7.56. The third kappa shape index (κ3) is 2.69. The SMILES string of the molecule is CCc1nc(C2CCCc3ccccc32)nc(NC)c1Br. The maximum absolute atomic E-state index is 4.82. The number of hydrogen-bond donors (Lipinski definition) is 1. The van der Waals surface area contributed by atoms with E-state index in [1.165, 1.54) is 24.0 Å². The average Bonchev–Trinajstić information content (AvgIpc) is 2.54. The molecule has 1 aromatic carbocycles. The van der Waals surface area contributed by atoms with E-state index in [-0.39, 0.29) is 0 Å². The highest BCUT2D eigenvalue weighted by atomic mass is 79.9. The molecule has 1 unspecified atom stereocenters. The van der Waals surface area contributed by atoms with Gasteiger partial charge in [-0.15, -0.1) is 0 Å². The molecule has 1 N–H and O–H groups in total. The van der Waals surface area contributed by atoms with Gasteiger partial charge >= 0.3 is 0 Å². The Bertz CT molecular complexity index is 629. The molecule has 1 atom stereocenters. The van der Waals surface area contributed by atoms with E-state index >= 15 is 0 Å². The smallest absolute Gasteiger partial charge is 0.144 e. The molecule has 21 heavy (non-hydrogen) atoms. The van der Waals surface area contributed by atoms with Gasteiger partial charge in [0, 0.05) is 13.0 Å². The van der Waals surface area contributed by atoms with Gasteiger partial charge in [-0.05, 0) is 52.7 Å². The number of aromatic nitrogens is 2. The van der Waals surface area contributed by atoms with Crippen molar-refractivity contribution in [1.82, 2.24) is 9.97 Å². The Kier molecular flexibility index (Phi) is 4.24. The molecule has 1 aromatic heterocycles. The van der Waals surface area contributed by atoms with Gasteiger partial charge in [-0.2, -0.15) is 0 Å². The topological polar surface area (TPSA) is 37.8 Å². The number of nitrogens with zero attached hydrogens (tertiary/aromatic N) is 2. The summed E-state index contributed by atoms with van der Waals surface area (Å²) in [4.78, 5) is 9.58. The summed E-state index contributed by atoms with van der Waals surface area (Å²) in [6.45, 7) is 2.13. The Balaban J connectivity index is 2.09. The fourth-order valence-electron chi connectivity index (χ4n) is 3.09. The quantitative estimate of drug-likeness (QED) is 0.900. The van der Waals surface area contributed by atoms with Gasteiger partial charge in [-0.1, -0.05) is 31.2 Å². The monoisotopic (exact) mass is 345 g/mol. The van der Waals surface area contributed by atoms with Crippen molar-refractivity contribution in [1.29, 1.82) is 0 Å². The second-order valence-corrected chi connectivity index (χ2v) is 6.23. The lowest BCUT2D eigenvalue weighted by Crippen LogP contribution is -2.15. The Morgan fingerprint density at radius 1 is 1.29 bits per heavy atom. The molecule has 0 radical (unpaired) electrons. The second kappa shape index (κ2) is 6.14. The fourth-order valence-corrected chi connectivity index (χ4v) is 3.75. The molecule has 1 heterocycles. The lowest BCUT2D eigenvalue weighted by molar-refractivity contribution is 0.588. The third-order valence-electron chi connectivity index (χ3n) is 4.19. The van der Waals surface area contributed by atoms with E-state index in [4.69, 9.17) is 9.97 Å². The van der Waals surface area contributed by atoms with E-state index in [1.807, 2.05) is 7.05 Å². The van der Waals surface area contributed by atoms with E-state index in [2.05, 4.69) is 52.4 Å². The average molecular weight is 346 g/mol. The number of nitrogens with one attached hydrogen (secondary N) is 1. The number of hydrogen-bond acceptors (Lipinski definition) is 3. The number of halogens is 1. The summed E-state index contributed by atoms with van der Waals surface area (Å²) in [5.74, 6) is 2.16. The van der Waals surface area contributed by atoms with Crippen LogP contribution in [0.3, 0.4) is 0 Å². The van der Waals surface area contributed by atoms with Crippen molar-refractivity contribution in [3.63, 3.8) is 0 Å². The summed E-state index contributed by atoms with van der Waals surface area (Å²) in [6, 6.07) is 8.71. The first kappa shape index (κ1) is 14.5. The predicted octanol–water partition coefficient (Wildman–Crippen LogP) is 4.31. The van der Waals surface area contributed by atoms with Crippen LogP contribution in [-0.4, -0.2) is 17.0 Å². The van der Waals surface area contributed by atoms with E-state index in [0.29, 0.717) is 5.92 Å². The molecule has 0 aliphatic heterocycles. The van der Waals surface area contributed by atoms with Crippen molar-refractivity contribution in [2.24, 2.45) is 0 Å². The fraction of sp³-hybridized carbons (Fsp3) is 0.412. The van der Waals surface area contributed by atoms with Gasteiger partial charge in [0.1, 0.15) is 11.6 Å². The summed E-state index contributed by atoms with van der Waals surface area (Å²) in [5, 5.41) is 3.18. The molecule has 0 spiro atoms. The molecule has 0 saturated heterocycles. The van der Waals surface area contributed by atoms with Crippen molar-refractivity contribution in [2.45, 2.75) is 38.5 Å². The number of aryl methyl sites for hydroxylation is 2. The standard InChI is InChI=1S/C17H20BrN3/c1-3-14-15(18)17(19-2)21-16(20-14)13-10-6-8-11-7-4-5-9-12(11)13/h4-5,7,9,13H,3,6,8,10H2,1-2H3,(H,19,20,21). The van der Waals surface area contributed by atoms with Gasteiger partial charge in [0.2, 0.25) is 0 Å². The van der Waals surface area contributed by atoms with Crippen LogP contribution in [0.2, 0.25) is 0 Å². The van der Waals surface area contributed by atoms with Crippen molar-refractivity contribution in [3.8, 4) is 0 Å². The van der Waals surface area contributed by atoms with Crippen LogP contribution < -0.4 is 5.32 Å². The lowest BCUT2D eigenvalue weighted by Gasteiger charge is -2.25. The minimum atomic E-state index is 0.320. The van der Waals surface area contributed by atoms with Gasteiger partial charge in [-0.3, -0.25) is 0 Å². The second-order valence-electron chi connectivity index (χ2n) is 5.44. The van der Waals surface area contributed by atoms with Gasteiger partial charge in [0.25, 0.3) is 0 Å². The van der Waals surface area contributed by atoms with Crippen LogP contribution in [0.4, 0.5) is 5.82 Å². The number of fused-ring (bicyclic) bond motifs is 1. The van der Waals surface area contributed by atoms with E-state index in [0.717, 1.165) is 34.7 Å². The zero-order valence-corrected chi connectivity index (χ0v) is 14.1. The molecule has 110 valence electrons. The van der Waals surface area contributed by atoms with Crippen LogP contribution in [0, 0.1) is 0 Å². The number of anilines is 1. The molecule has 1 aliphatic carbocycles. The largest absolute Gasteiger partial charge is 0.372 e. The summed E-state index contributed by atoms with van der Waals surface area (Å²) in [7, 11) is 1.91. The van der Waals surface area contributed by atoms with Crippen molar-refractivity contribution in [2.75, 3.05) is 12.4 Å². The predicted molar refractivity (Wildman–Crippen MR) is 89.9 cm³/mol. The lowest BCUT2D eigenvalue weighted by atomic mass is 9.82. The first-order valence-corrected chi connectivity index (χ1v) is 8.35. The maximum atomic E-state index is 4.82. The van der Waals surface area contributed by atoms with Crippen LogP contribution in [0.1, 0.15) is 48.3 Å². The molecular formula is C17H20BrN3. The number of benzene rings is 1. The minimum Gasteiger partial charge on any atom is -0.372 e. The number of rotatable bonds is 3. The molecule has 0 saturated carbocycles. The van der Waals surface area contributed by atoms with Crippen LogP contribution in [0.5, 0.6) is 0 Å². The van der Waals surface area contributed by atoms with Crippen LogP contribution >= 0.6 is 15.9 Å². The molecule has 0 fully saturated rings. The van der Waals surface area contributed by atoms with Crippen molar-refractivity contribution in [3.05, 3.63) is 51.4 Å². The molecule has 0 bridgehead atoms. The highest BCUT2D eigenvalue weighted by Gasteiger charge is 2.25. The van der Waals surface area contributed by atoms with Gasteiger partial charge in [-0.25, -0.2) is 9.97 Å². The zero-order valence-electron chi connectivity index (χ0n) is 12.5. The van der Waals surface area contributed by atoms with Crippen LogP contribution in [-0.2, 0) is 12.8 Å². The minimum absolute atomic E-state index is 0.320. The molecular weight excluding hydrogens is 326 g/mol. The zero-order chi connectivity index (χ0) is 14.8. The normalized spacial score (nSPS) is 17.4.